The Balaban J connectivity index is 2.09. The fraction of sp³-hybridized carbons (Fsp3) is 0.286. The average molecular weight is 262 g/mol. The van der Waals surface area contributed by atoms with Crippen LogP contribution in [0.1, 0.15) is 6.92 Å². The van der Waals surface area contributed by atoms with E-state index in [0.717, 1.165) is 0 Å². The van der Waals surface area contributed by atoms with Gasteiger partial charge in [0.15, 0.2) is 0 Å². The molecule has 0 aromatic carbocycles. The SMILES string of the molecule is CCOCCOc1cc(-c2cccnc2F)ccn1. The summed E-state index contributed by atoms with van der Waals surface area (Å²) in [7, 11) is 0. The third-order valence-corrected chi connectivity index (χ3v) is 2.49. The third kappa shape index (κ3) is 3.72. The Morgan fingerprint density at radius 1 is 1.16 bits per heavy atom. The Morgan fingerprint density at radius 2 is 2.05 bits per heavy atom. The molecule has 0 atom stereocenters. The lowest BCUT2D eigenvalue weighted by atomic mass is 10.1. The third-order valence-electron chi connectivity index (χ3n) is 2.49. The summed E-state index contributed by atoms with van der Waals surface area (Å²) in [5.41, 5.74) is 1.12. The molecule has 0 aliphatic heterocycles. The first kappa shape index (κ1) is 13.4. The molecule has 2 rings (SSSR count). The molecular formula is C14H15FN2O2. The lowest BCUT2D eigenvalue weighted by Gasteiger charge is -2.07. The van der Waals surface area contributed by atoms with Gasteiger partial charge in [0.25, 0.3) is 0 Å². The van der Waals surface area contributed by atoms with E-state index >= 15 is 0 Å². The molecule has 0 amide bonds. The maximum absolute atomic E-state index is 13.6. The molecule has 0 fully saturated rings. The highest BCUT2D eigenvalue weighted by Gasteiger charge is 2.06. The Bertz CT molecular complexity index is 534. The molecule has 0 unspecified atom stereocenters. The normalized spacial score (nSPS) is 10.4. The Morgan fingerprint density at radius 3 is 2.84 bits per heavy atom. The number of halogens is 1. The molecule has 5 heteroatoms. The van der Waals surface area contributed by atoms with E-state index in [1.165, 1.54) is 6.20 Å². The molecule has 0 saturated heterocycles. The first-order chi connectivity index (χ1) is 9.31. The van der Waals surface area contributed by atoms with Gasteiger partial charge < -0.3 is 9.47 Å². The number of pyridine rings is 2. The van der Waals surface area contributed by atoms with Crippen molar-refractivity contribution in [2.75, 3.05) is 19.8 Å². The van der Waals surface area contributed by atoms with Crippen LogP contribution in [0, 0.1) is 5.95 Å². The second-order valence-corrected chi connectivity index (χ2v) is 3.77. The second-order valence-electron chi connectivity index (χ2n) is 3.77. The first-order valence-electron chi connectivity index (χ1n) is 6.08. The predicted molar refractivity (Wildman–Crippen MR) is 69.4 cm³/mol. The minimum atomic E-state index is -0.506. The summed E-state index contributed by atoms with van der Waals surface area (Å²) >= 11 is 0. The van der Waals surface area contributed by atoms with Crippen LogP contribution in [0.4, 0.5) is 4.39 Å². The van der Waals surface area contributed by atoms with Gasteiger partial charge in [-0.15, -0.1) is 0 Å². The van der Waals surface area contributed by atoms with Crippen LogP contribution in [0.3, 0.4) is 0 Å². The number of ether oxygens (including phenoxy) is 2. The van der Waals surface area contributed by atoms with Crippen molar-refractivity contribution in [2.45, 2.75) is 6.92 Å². The fourth-order valence-electron chi connectivity index (χ4n) is 1.61. The summed E-state index contributed by atoms with van der Waals surface area (Å²) in [6.45, 7) is 3.49. The summed E-state index contributed by atoms with van der Waals surface area (Å²) < 4.78 is 24.2. The minimum absolute atomic E-state index is 0.416. The highest BCUT2D eigenvalue weighted by atomic mass is 19.1. The zero-order chi connectivity index (χ0) is 13.5. The van der Waals surface area contributed by atoms with Gasteiger partial charge in [0.1, 0.15) is 6.61 Å². The van der Waals surface area contributed by atoms with Gasteiger partial charge in [-0.2, -0.15) is 4.39 Å². The molecule has 2 aromatic heterocycles. The van der Waals surface area contributed by atoms with Crippen LogP contribution in [0.2, 0.25) is 0 Å². The van der Waals surface area contributed by atoms with Gasteiger partial charge in [0.2, 0.25) is 11.8 Å². The lowest BCUT2D eigenvalue weighted by Crippen LogP contribution is -2.07. The van der Waals surface area contributed by atoms with Gasteiger partial charge in [-0.25, -0.2) is 9.97 Å². The molecule has 2 aromatic rings. The number of aromatic nitrogens is 2. The highest BCUT2D eigenvalue weighted by Crippen LogP contribution is 2.23. The van der Waals surface area contributed by atoms with Gasteiger partial charge in [0.05, 0.1) is 6.61 Å². The Labute approximate surface area is 111 Å². The van der Waals surface area contributed by atoms with Crippen LogP contribution in [-0.2, 0) is 4.74 Å². The van der Waals surface area contributed by atoms with Crippen molar-refractivity contribution < 1.29 is 13.9 Å². The van der Waals surface area contributed by atoms with E-state index in [4.69, 9.17) is 9.47 Å². The van der Waals surface area contributed by atoms with Crippen molar-refractivity contribution in [2.24, 2.45) is 0 Å². The summed E-state index contributed by atoms with van der Waals surface area (Å²) in [4.78, 5) is 7.70. The van der Waals surface area contributed by atoms with E-state index in [-0.39, 0.29) is 0 Å². The van der Waals surface area contributed by atoms with Crippen LogP contribution in [-0.4, -0.2) is 29.8 Å². The highest BCUT2D eigenvalue weighted by molar-refractivity contribution is 5.63. The zero-order valence-corrected chi connectivity index (χ0v) is 10.7. The topological polar surface area (TPSA) is 44.2 Å². The van der Waals surface area contributed by atoms with Crippen molar-refractivity contribution in [3.05, 3.63) is 42.6 Å². The van der Waals surface area contributed by atoms with Crippen LogP contribution >= 0.6 is 0 Å². The average Bonchev–Trinajstić information content (AvgIpc) is 2.44. The van der Waals surface area contributed by atoms with Gasteiger partial charge >= 0.3 is 0 Å². The number of rotatable bonds is 6. The quantitative estimate of drug-likeness (QED) is 0.593. The van der Waals surface area contributed by atoms with E-state index < -0.39 is 5.95 Å². The fourth-order valence-corrected chi connectivity index (χ4v) is 1.61. The van der Waals surface area contributed by atoms with E-state index in [1.807, 2.05) is 6.92 Å². The largest absolute Gasteiger partial charge is 0.475 e. The number of hydrogen-bond donors (Lipinski definition) is 0. The maximum atomic E-state index is 13.6. The Hall–Kier alpha value is -2.01. The molecule has 0 aliphatic rings. The van der Waals surface area contributed by atoms with Crippen molar-refractivity contribution >= 4 is 0 Å². The van der Waals surface area contributed by atoms with Crippen LogP contribution in [0.5, 0.6) is 5.88 Å². The van der Waals surface area contributed by atoms with E-state index in [0.29, 0.717) is 36.8 Å². The molecule has 0 radical (unpaired) electrons. The van der Waals surface area contributed by atoms with E-state index in [1.54, 1.807) is 30.5 Å². The predicted octanol–water partition coefficient (Wildman–Crippen LogP) is 2.70. The van der Waals surface area contributed by atoms with Gasteiger partial charge in [-0.3, -0.25) is 0 Å². The summed E-state index contributed by atoms with van der Waals surface area (Å²) in [6, 6.07) is 6.76. The van der Waals surface area contributed by atoms with Crippen LogP contribution in [0.25, 0.3) is 11.1 Å². The molecule has 0 saturated carbocycles. The van der Waals surface area contributed by atoms with Crippen molar-refractivity contribution in [1.29, 1.82) is 0 Å². The first-order valence-corrected chi connectivity index (χ1v) is 6.08. The second kappa shape index (κ2) is 6.80. The van der Waals surface area contributed by atoms with Gasteiger partial charge in [-0.05, 0) is 30.7 Å². The molecule has 100 valence electrons. The monoisotopic (exact) mass is 262 g/mol. The molecular weight excluding hydrogens is 247 g/mol. The van der Waals surface area contributed by atoms with Crippen LogP contribution < -0.4 is 4.74 Å². The summed E-state index contributed by atoms with van der Waals surface area (Å²) in [5, 5.41) is 0. The van der Waals surface area contributed by atoms with Crippen molar-refractivity contribution in [3.63, 3.8) is 0 Å². The zero-order valence-electron chi connectivity index (χ0n) is 10.7. The number of nitrogens with zero attached hydrogens (tertiary/aromatic N) is 2. The smallest absolute Gasteiger partial charge is 0.220 e. The summed E-state index contributed by atoms with van der Waals surface area (Å²) in [6.07, 6.45) is 3.00. The molecule has 0 spiro atoms. The Kier molecular flexibility index (Phi) is 4.80. The van der Waals surface area contributed by atoms with E-state index in [9.17, 15) is 4.39 Å². The van der Waals surface area contributed by atoms with Gasteiger partial charge in [-0.1, -0.05) is 0 Å². The standard InChI is InChI=1S/C14H15FN2O2/c1-2-18-8-9-19-13-10-11(5-7-16-13)12-4-3-6-17-14(12)15/h3-7,10H,2,8-9H2,1H3. The number of hydrogen-bond acceptors (Lipinski definition) is 4. The molecule has 19 heavy (non-hydrogen) atoms. The lowest BCUT2D eigenvalue weighted by molar-refractivity contribution is 0.108. The molecule has 0 bridgehead atoms. The van der Waals surface area contributed by atoms with Crippen molar-refractivity contribution in [3.8, 4) is 17.0 Å². The summed E-state index contributed by atoms with van der Waals surface area (Å²) in [5.74, 6) is -0.0607. The molecule has 0 aliphatic carbocycles. The molecule has 4 nitrogen and oxygen atoms in total. The maximum Gasteiger partial charge on any atom is 0.220 e. The van der Waals surface area contributed by atoms with Gasteiger partial charge in [0, 0.05) is 30.6 Å². The van der Waals surface area contributed by atoms with E-state index in [2.05, 4.69) is 9.97 Å². The molecule has 2 heterocycles. The van der Waals surface area contributed by atoms with Crippen molar-refractivity contribution in [1.82, 2.24) is 9.97 Å². The van der Waals surface area contributed by atoms with Crippen LogP contribution in [0.15, 0.2) is 36.7 Å². The minimum Gasteiger partial charge on any atom is -0.475 e. The molecule has 0 N–H and O–H groups in total.